The highest BCUT2D eigenvalue weighted by Gasteiger charge is 2.40. The van der Waals surface area contributed by atoms with Crippen molar-refractivity contribution in [2.24, 2.45) is 15.9 Å². The number of amidine groups is 1. The molecule has 244 valence electrons. The lowest BCUT2D eigenvalue weighted by molar-refractivity contribution is 0.255. The van der Waals surface area contributed by atoms with Crippen LogP contribution in [0.2, 0.25) is 0 Å². The van der Waals surface area contributed by atoms with E-state index in [1.54, 1.807) is 29.7 Å². The number of hydrogen-bond donors (Lipinski definition) is 0. The third-order valence-electron chi connectivity index (χ3n) is 8.95. The molecule has 0 saturated carbocycles. The van der Waals surface area contributed by atoms with Gasteiger partial charge in [0.25, 0.3) is 0 Å². The van der Waals surface area contributed by atoms with E-state index in [2.05, 4.69) is 29.7 Å². The molecule has 6 nitrogen and oxygen atoms in total. The number of halogens is 1. The average molecular weight is 682 g/mol. The molecule has 9 rings (SSSR count). The molecule has 0 fully saturated rings. The Morgan fingerprint density at radius 2 is 1.41 bits per heavy atom. The van der Waals surface area contributed by atoms with Gasteiger partial charge in [-0.3, -0.25) is 0 Å². The summed E-state index contributed by atoms with van der Waals surface area (Å²) in [5, 5.41) is 3.11. The Hall–Kier alpha value is -6.38. The van der Waals surface area contributed by atoms with E-state index in [4.69, 9.17) is 29.7 Å². The summed E-state index contributed by atoms with van der Waals surface area (Å²) in [5.74, 6) is 2.45. The van der Waals surface area contributed by atoms with E-state index in [1.165, 1.54) is 12.1 Å². The molecule has 2 atom stereocenters. The summed E-state index contributed by atoms with van der Waals surface area (Å²) < 4.78 is 21.6. The predicted molar refractivity (Wildman–Crippen MR) is 204 cm³/mol. The van der Waals surface area contributed by atoms with Gasteiger partial charge in [0.15, 0.2) is 17.5 Å². The smallest absolute Gasteiger partial charge is 0.164 e. The molecule has 51 heavy (non-hydrogen) atoms. The lowest BCUT2D eigenvalue weighted by atomic mass is 9.86. The summed E-state index contributed by atoms with van der Waals surface area (Å²) in [6.45, 7) is 0. The molecule has 0 radical (unpaired) electrons. The largest absolute Gasteiger partial charge is 0.484 e. The Morgan fingerprint density at radius 1 is 0.725 bits per heavy atom. The van der Waals surface area contributed by atoms with Crippen LogP contribution in [0.1, 0.15) is 11.1 Å². The Kier molecular flexibility index (Phi) is 7.91. The van der Waals surface area contributed by atoms with Crippen molar-refractivity contribution in [3.8, 4) is 39.9 Å². The normalized spacial score (nSPS) is 16.6. The van der Waals surface area contributed by atoms with Gasteiger partial charge >= 0.3 is 0 Å². The van der Waals surface area contributed by atoms with Crippen molar-refractivity contribution in [3.63, 3.8) is 0 Å². The third kappa shape index (κ3) is 5.96. The standard InChI is InChI=1S/C43H28FN5OS/c44-30-23-21-27(22-24-30)25-45-42(46-35-26-51-37-20-8-7-15-31(35)37)34-18-9-16-32-38-33(17-10-19-36(38)50-39(32)34)43-48-40(28-11-3-1-4-12-28)47-41(49-43)29-13-5-2-6-14-29/h1-26,34,39H. The summed E-state index contributed by atoms with van der Waals surface area (Å²) in [7, 11) is 0. The maximum atomic E-state index is 13.7. The van der Waals surface area contributed by atoms with E-state index in [0.717, 1.165) is 54.9 Å². The Bertz CT molecular complexity index is 2470. The van der Waals surface area contributed by atoms with Crippen LogP contribution in [-0.2, 0) is 0 Å². The van der Waals surface area contributed by atoms with Gasteiger partial charge in [0, 0.05) is 49.5 Å². The van der Waals surface area contributed by atoms with E-state index in [-0.39, 0.29) is 11.7 Å². The number of aromatic nitrogens is 3. The summed E-state index contributed by atoms with van der Waals surface area (Å²) >= 11 is 1.65. The molecule has 8 heteroatoms. The van der Waals surface area contributed by atoms with Crippen molar-refractivity contribution in [1.82, 2.24) is 15.0 Å². The van der Waals surface area contributed by atoms with Crippen LogP contribution in [0.5, 0.6) is 5.75 Å². The Balaban J connectivity index is 1.14. The highest BCUT2D eigenvalue weighted by molar-refractivity contribution is 7.17. The minimum Gasteiger partial charge on any atom is -0.484 e. The van der Waals surface area contributed by atoms with Gasteiger partial charge in [-0.15, -0.1) is 11.3 Å². The molecule has 0 bridgehead atoms. The zero-order valence-corrected chi connectivity index (χ0v) is 27.9. The molecule has 0 N–H and O–H groups in total. The molecular formula is C43H28FN5OS. The SMILES string of the molecule is Fc1ccc(C=NC(=Nc2csc3ccccc23)C2C=CC=C3c4c(cccc4-c4nc(-c5ccccc5)nc(-c5ccccc5)n4)OC32)cc1. The molecule has 2 aromatic heterocycles. The lowest BCUT2D eigenvalue weighted by Crippen LogP contribution is -2.30. The highest BCUT2D eigenvalue weighted by atomic mass is 32.1. The molecule has 2 aliphatic rings. The molecule has 7 aromatic rings. The Morgan fingerprint density at radius 3 is 2.16 bits per heavy atom. The summed E-state index contributed by atoms with van der Waals surface area (Å²) in [6.07, 6.45) is 7.55. The monoisotopic (exact) mass is 681 g/mol. The van der Waals surface area contributed by atoms with E-state index in [0.29, 0.717) is 23.3 Å². The quantitative estimate of drug-likeness (QED) is 0.129. The minimum atomic E-state index is -0.399. The second-order valence-electron chi connectivity index (χ2n) is 12.2. The second kappa shape index (κ2) is 13.2. The zero-order chi connectivity index (χ0) is 34.1. The van der Waals surface area contributed by atoms with Crippen molar-refractivity contribution >= 4 is 44.7 Å². The number of thiophene rings is 1. The number of nitrogens with zero attached hydrogens (tertiary/aromatic N) is 5. The second-order valence-corrected chi connectivity index (χ2v) is 13.1. The molecule has 5 aromatic carbocycles. The third-order valence-corrected chi connectivity index (χ3v) is 9.90. The summed E-state index contributed by atoms with van der Waals surface area (Å²) in [6, 6.07) is 40.4. The molecule has 0 spiro atoms. The van der Waals surface area contributed by atoms with Crippen molar-refractivity contribution in [2.75, 3.05) is 0 Å². The van der Waals surface area contributed by atoms with Gasteiger partial charge in [0.2, 0.25) is 0 Å². The number of hydrogen-bond acceptors (Lipinski definition) is 6. The van der Waals surface area contributed by atoms with Crippen molar-refractivity contribution in [2.45, 2.75) is 6.10 Å². The van der Waals surface area contributed by atoms with E-state index in [1.807, 2.05) is 97.1 Å². The molecule has 0 saturated heterocycles. The first kappa shape index (κ1) is 30.7. The number of allylic oxidation sites excluding steroid dienone is 2. The van der Waals surface area contributed by atoms with E-state index in [9.17, 15) is 4.39 Å². The van der Waals surface area contributed by atoms with Gasteiger partial charge < -0.3 is 4.74 Å². The number of ether oxygens (including phenoxy) is 1. The fourth-order valence-electron chi connectivity index (χ4n) is 6.48. The molecule has 2 unspecified atom stereocenters. The van der Waals surface area contributed by atoms with Gasteiger partial charge in [0.05, 0.1) is 11.6 Å². The van der Waals surface area contributed by atoms with Crippen LogP contribution in [-0.4, -0.2) is 33.1 Å². The molecule has 0 amide bonds. The summed E-state index contributed by atoms with van der Waals surface area (Å²) in [4.78, 5) is 25.0. The first-order valence-corrected chi connectivity index (χ1v) is 17.5. The highest BCUT2D eigenvalue weighted by Crippen LogP contribution is 2.47. The van der Waals surface area contributed by atoms with Crippen LogP contribution >= 0.6 is 11.3 Å². The average Bonchev–Trinajstić information content (AvgIpc) is 3.79. The maximum Gasteiger partial charge on any atom is 0.164 e. The summed E-state index contributed by atoms with van der Waals surface area (Å²) in [5.41, 5.74) is 6.20. The van der Waals surface area contributed by atoms with E-state index < -0.39 is 6.10 Å². The van der Waals surface area contributed by atoms with Gasteiger partial charge in [0.1, 0.15) is 23.5 Å². The maximum absolute atomic E-state index is 13.7. The van der Waals surface area contributed by atoms with Gasteiger partial charge in [-0.1, -0.05) is 121 Å². The number of benzene rings is 5. The van der Waals surface area contributed by atoms with Gasteiger partial charge in [-0.2, -0.15) is 0 Å². The predicted octanol–water partition coefficient (Wildman–Crippen LogP) is 10.4. The number of fused-ring (bicyclic) bond motifs is 4. The topological polar surface area (TPSA) is 72.6 Å². The molecule has 3 heterocycles. The number of aliphatic imine (C=N–C) groups is 2. The van der Waals surface area contributed by atoms with Crippen LogP contribution in [0, 0.1) is 11.7 Å². The van der Waals surface area contributed by atoms with Gasteiger partial charge in [-0.25, -0.2) is 29.3 Å². The zero-order valence-electron chi connectivity index (χ0n) is 27.1. The lowest BCUT2D eigenvalue weighted by Gasteiger charge is -2.24. The van der Waals surface area contributed by atoms with Crippen LogP contribution < -0.4 is 4.74 Å². The van der Waals surface area contributed by atoms with Crippen LogP contribution in [0.3, 0.4) is 0 Å². The minimum absolute atomic E-state index is 0.298. The van der Waals surface area contributed by atoms with Crippen LogP contribution in [0.4, 0.5) is 10.1 Å². The number of rotatable bonds is 6. The van der Waals surface area contributed by atoms with E-state index >= 15 is 0 Å². The van der Waals surface area contributed by atoms with Crippen LogP contribution in [0.15, 0.2) is 161 Å². The Labute approximate surface area is 297 Å². The fourth-order valence-corrected chi connectivity index (χ4v) is 7.36. The molecule has 1 aliphatic carbocycles. The van der Waals surface area contributed by atoms with Gasteiger partial charge in [-0.05, 0) is 29.8 Å². The van der Waals surface area contributed by atoms with Crippen LogP contribution in [0.25, 0.3) is 49.8 Å². The molecule has 1 aliphatic heterocycles. The van der Waals surface area contributed by atoms with Crippen molar-refractivity contribution in [1.29, 1.82) is 0 Å². The fraction of sp³-hybridized carbons (Fsp3) is 0.0465. The first-order chi connectivity index (χ1) is 25.2. The van der Waals surface area contributed by atoms with Crippen molar-refractivity contribution < 1.29 is 9.13 Å². The molecular weight excluding hydrogens is 654 g/mol. The first-order valence-electron chi connectivity index (χ1n) is 16.6. The van der Waals surface area contributed by atoms with Crippen molar-refractivity contribution in [3.05, 3.63) is 168 Å².